The van der Waals surface area contributed by atoms with E-state index in [0.717, 1.165) is 6.42 Å². The number of aliphatic hydroxyl groups is 1. The summed E-state index contributed by atoms with van der Waals surface area (Å²) in [4.78, 5) is 3.86. The molecule has 100 valence electrons. The summed E-state index contributed by atoms with van der Waals surface area (Å²) in [5, 5.41) is 8.88. The first-order valence-electron chi connectivity index (χ1n) is 6.09. The zero-order chi connectivity index (χ0) is 13.2. The Morgan fingerprint density at radius 2 is 2.22 bits per heavy atom. The van der Waals surface area contributed by atoms with Crippen LogP contribution in [0.1, 0.15) is 31.7 Å². The number of aromatic nitrogens is 1. The van der Waals surface area contributed by atoms with Gasteiger partial charge in [-0.2, -0.15) is 0 Å². The van der Waals surface area contributed by atoms with Crippen molar-refractivity contribution in [3.63, 3.8) is 0 Å². The predicted octanol–water partition coefficient (Wildman–Crippen LogP) is 1.04. The predicted molar refractivity (Wildman–Crippen MR) is 67.3 cm³/mol. The SMILES string of the molecule is CC(CC1CC1)NS(=O)(=O)c1ccc(CO)cn1. The molecule has 0 aliphatic heterocycles. The minimum absolute atomic E-state index is 0.00217. The maximum absolute atomic E-state index is 12.0. The molecule has 2 N–H and O–H groups in total. The van der Waals surface area contributed by atoms with E-state index in [-0.39, 0.29) is 17.7 Å². The summed E-state index contributed by atoms with van der Waals surface area (Å²) < 4.78 is 26.6. The monoisotopic (exact) mass is 270 g/mol. The van der Waals surface area contributed by atoms with Crippen LogP contribution in [0.3, 0.4) is 0 Å². The van der Waals surface area contributed by atoms with E-state index >= 15 is 0 Å². The summed E-state index contributed by atoms with van der Waals surface area (Å²) in [6.07, 6.45) is 4.67. The smallest absolute Gasteiger partial charge is 0.258 e. The normalized spacial score (nSPS) is 17.7. The molecule has 1 heterocycles. The van der Waals surface area contributed by atoms with E-state index in [1.807, 2.05) is 6.92 Å². The Morgan fingerprint density at radius 3 is 2.72 bits per heavy atom. The Bertz CT molecular complexity index is 495. The molecule has 1 unspecified atom stereocenters. The van der Waals surface area contributed by atoms with Crippen LogP contribution in [0.25, 0.3) is 0 Å². The van der Waals surface area contributed by atoms with Crippen molar-refractivity contribution < 1.29 is 13.5 Å². The summed E-state index contributed by atoms with van der Waals surface area (Å²) in [5.74, 6) is 0.674. The molecule has 0 radical (unpaired) electrons. The van der Waals surface area contributed by atoms with Crippen molar-refractivity contribution in [3.8, 4) is 0 Å². The van der Waals surface area contributed by atoms with Crippen LogP contribution in [0, 0.1) is 5.92 Å². The Hall–Kier alpha value is -0.980. The molecular weight excluding hydrogens is 252 g/mol. The second-order valence-electron chi connectivity index (χ2n) is 4.86. The van der Waals surface area contributed by atoms with Crippen LogP contribution in [0.4, 0.5) is 0 Å². The second-order valence-corrected chi connectivity index (χ2v) is 6.53. The van der Waals surface area contributed by atoms with Crippen molar-refractivity contribution in [2.45, 2.75) is 43.9 Å². The van der Waals surface area contributed by atoms with Gasteiger partial charge in [-0.15, -0.1) is 0 Å². The summed E-state index contributed by atoms with van der Waals surface area (Å²) in [5.41, 5.74) is 0.597. The van der Waals surface area contributed by atoms with Gasteiger partial charge in [-0.05, 0) is 30.9 Å². The molecule has 6 heteroatoms. The van der Waals surface area contributed by atoms with Gasteiger partial charge in [-0.1, -0.05) is 18.9 Å². The average Bonchev–Trinajstić information content (AvgIpc) is 3.12. The average molecular weight is 270 g/mol. The first kappa shape index (κ1) is 13.5. The lowest BCUT2D eigenvalue weighted by molar-refractivity contribution is 0.281. The summed E-state index contributed by atoms with van der Waals surface area (Å²) in [7, 11) is -3.55. The highest BCUT2D eigenvalue weighted by Crippen LogP contribution is 2.33. The van der Waals surface area contributed by atoms with Crippen molar-refractivity contribution in [2.24, 2.45) is 5.92 Å². The lowest BCUT2D eigenvalue weighted by Crippen LogP contribution is -2.33. The van der Waals surface area contributed by atoms with Crippen LogP contribution in [0.15, 0.2) is 23.4 Å². The molecule has 0 aromatic carbocycles. The van der Waals surface area contributed by atoms with E-state index in [0.29, 0.717) is 11.5 Å². The van der Waals surface area contributed by atoms with Gasteiger partial charge in [0.05, 0.1) is 6.61 Å². The number of hydrogen-bond donors (Lipinski definition) is 2. The van der Waals surface area contributed by atoms with Gasteiger partial charge in [0.2, 0.25) is 0 Å². The van der Waals surface area contributed by atoms with E-state index in [4.69, 9.17) is 5.11 Å². The zero-order valence-corrected chi connectivity index (χ0v) is 11.2. The zero-order valence-electron chi connectivity index (χ0n) is 10.3. The molecule has 1 saturated carbocycles. The van der Waals surface area contributed by atoms with Crippen LogP contribution >= 0.6 is 0 Å². The van der Waals surface area contributed by atoms with Crippen molar-refractivity contribution in [1.82, 2.24) is 9.71 Å². The molecule has 18 heavy (non-hydrogen) atoms. The lowest BCUT2D eigenvalue weighted by Gasteiger charge is -2.13. The molecule has 1 aliphatic rings. The Kier molecular flexibility index (Phi) is 3.99. The second kappa shape index (κ2) is 5.34. The third kappa shape index (κ3) is 3.51. The standard InChI is InChI=1S/C12H18N2O3S/c1-9(6-10-2-3-10)14-18(16,17)12-5-4-11(8-15)7-13-12/h4-5,7,9-10,14-15H,2-3,6,8H2,1H3. The van der Waals surface area contributed by atoms with Crippen molar-refractivity contribution in [1.29, 1.82) is 0 Å². The van der Waals surface area contributed by atoms with Crippen LogP contribution in [0.2, 0.25) is 0 Å². The van der Waals surface area contributed by atoms with Crippen LogP contribution in [-0.4, -0.2) is 24.6 Å². The minimum atomic E-state index is -3.55. The quantitative estimate of drug-likeness (QED) is 0.809. The van der Waals surface area contributed by atoms with Gasteiger partial charge in [0, 0.05) is 12.2 Å². The van der Waals surface area contributed by atoms with E-state index in [2.05, 4.69) is 9.71 Å². The maximum Gasteiger partial charge on any atom is 0.258 e. The molecule has 5 nitrogen and oxygen atoms in total. The molecule has 1 aromatic heterocycles. The molecule has 1 aromatic rings. The minimum Gasteiger partial charge on any atom is -0.392 e. The number of pyridine rings is 1. The highest BCUT2D eigenvalue weighted by atomic mass is 32.2. The molecule has 0 spiro atoms. The van der Waals surface area contributed by atoms with Gasteiger partial charge in [0.25, 0.3) is 10.0 Å². The molecule has 1 fully saturated rings. The molecule has 2 rings (SSSR count). The topological polar surface area (TPSA) is 79.3 Å². The summed E-state index contributed by atoms with van der Waals surface area (Å²) in [6, 6.07) is 2.91. The Balaban J connectivity index is 2.03. The summed E-state index contributed by atoms with van der Waals surface area (Å²) in [6.45, 7) is 1.73. The van der Waals surface area contributed by atoms with E-state index < -0.39 is 10.0 Å². The van der Waals surface area contributed by atoms with E-state index in [1.165, 1.54) is 25.1 Å². The molecule has 0 bridgehead atoms. The lowest BCUT2D eigenvalue weighted by atomic mass is 10.2. The van der Waals surface area contributed by atoms with Crippen LogP contribution in [0.5, 0.6) is 0 Å². The van der Waals surface area contributed by atoms with Gasteiger partial charge in [-0.3, -0.25) is 0 Å². The fourth-order valence-electron chi connectivity index (χ4n) is 1.89. The van der Waals surface area contributed by atoms with Gasteiger partial charge in [0.1, 0.15) is 0 Å². The first-order chi connectivity index (χ1) is 8.51. The number of sulfonamides is 1. The number of nitrogens with zero attached hydrogens (tertiary/aromatic N) is 1. The molecule has 0 amide bonds. The first-order valence-corrected chi connectivity index (χ1v) is 7.57. The highest BCUT2D eigenvalue weighted by Gasteiger charge is 2.26. The fraction of sp³-hybridized carbons (Fsp3) is 0.583. The largest absolute Gasteiger partial charge is 0.392 e. The summed E-state index contributed by atoms with van der Waals surface area (Å²) >= 11 is 0. The third-order valence-electron chi connectivity index (χ3n) is 3.00. The third-order valence-corrected chi connectivity index (χ3v) is 4.50. The molecule has 1 atom stereocenters. The van der Waals surface area contributed by atoms with Crippen molar-refractivity contribution >= 4 is 10.0 Å². The van der Waals surface area contributed by atoms with Crippen molar-refractivity contribution in [3.05, 3.63) is 23.9 Å². The fourth-order valence-corrected chi connectivity index (χ4v) is 3.08. The van der Waals surface area contributed by atoms with Gasteiger partial charge >= 0.3 is 0 Å². The van der Waals surface area contributed by atoms with Gasteiger partial charge in [0.15, 0.2) is 5.03 Å². The number of nitrogens with one attached hydrogen (secondary N) is 1. The van der Waals surface area contributed by atoms with Crippen molar-refractivity contribution in [2.75, 3.05) is 0 Å². The molecule has 1 aliphatic carbocycles. The number of rotatable bonds is 6. The van der Waals surface area contributed by atoms with E-state index in [9.17, 15) is 8.42 Å². The van der Waals surface area contributed by atoms with Crippen LogP contribution < -0.4 is 4.72 Å². The van der Waals surface area contributed by atoms with Gasteiger partial charge in [-0.25, -0.2) is 18.1 Å². The van der Waals surface area contributed by atoms with E-state index in [1.54, 1.807) is 6.07 Å². The Morgan fingerprint density at radius 1 is 1.50 bits per heavy atom. The Labute approximate surface area is 107 Å². The molecular formula is C12H18N2O3S. The van der Waals surface area contributed by atoms with Crippen LogP contribution in [-0.2, 0) is 16.6 Å². The number of aliphatic hydroxyl groups excluding tert-OH is 1. The maximum atomic E-state index is 12.0. The highest BCUT2D eigenvalue weighted by molar-refractivity contribution is 7.89. The number of hydrogen-bond acceptors (Lipinski definition) is 4. The van der Waals surface area contributed by atoms with Gasteiger partial charge < -0.3 is 5.11 Å². The molecule has 0 saturated heterocycles.